The zero-order valence-electron chi connectivity index (χ0n) is 15.0. The monoisotopic (exact) mass is 349 g/mol. The van der Waals surface area contributed by atoms with Gasteiger partial charge in [-0.15, -0.1) is 0 Å². The van der Waals surface area contributed by atoms with Crippen LogP contribution in [0.25, 0.3) is 0 Å². The van der Waals surface area contributed by atoms with Crippen LogP contribution < -0.4 is 16.0 Å². The summed E-state index contributed by atoms with van der Waals surface area (Å²) in [5, 5.41) is 9.68. The number of likely N-dealkylation sites (N-methyl/N-ethyl adjacent to an activating group) is 1. The second kappa shape index (κ2) is 8.77. The first-order valence-corrected chi connectivity index (χ1v) is 8.48. The summed E-state index contributed by atoms with van der Waals surface area (Å²) in [6.07, 6.45) is 0. The normalized spacial score (nSPS) is 10.6. The zero-order valence-corrected chi connectivity index (χ0v) is 15.0. The van der Waals surface area contributed by atoms with Crippen LogP contribution in [0.4, 0.5) is 29.2 Å². The molecule has 0 aliphatic rings. The van der Waals surface area contributed by atoms with Gasteiger partial charge >= 0.3 is 0 Å². The molecule has 0 saturated carbocycles. The van der Waals surface area contributed by atoms with Crippen molar-refractivity contribution in [3.8, 4) is 0 Å². The van der Waals surface area contributed by atoms with E-state index >= 15 is 0 Å². The van der Waals surface area contributed by atoms with Crippen LogP contribution in [-0.4, -0.2) is 47.0 Å². The number of rotatable bonds is 8. The summed E-state index contributed by atoms with van der Waals surface area (Å²) in [5.41, 5.74) is 1.84. The van der Waals surface area contributed by atoms with Gasteiger partial charge < -0.3 is 20.9 Å². The molecule has 26 heavy (non-hydrogen) atoms. The van der Waals surface area contributed by atoms with E-state index in [2.05, 4.69) is 35.8 Å². The molecule has 134 valence electrons. The first-order valence-electron chi connectivity index (χ1n) is 8.48. The van der Waals surface area contributed by atoms with Gasteiger partial charge in [0.2, 0.25) is 17.8 Å². The van der Waals surface area contributed by atoms with Crippen molar-refractivity contribution in [1.82, 2.24) is 19.9 Å². The van der Waals surface area contributed by atoms with Gasteiger partial charge in [-0.3, -0.25) is 0 Å². The minimum Gasteiger partial charge on any atom is -0.353 e. The maximum absolute atomic E-state index is 4.47. The molecule has 0 spiro atoms. The van der Waals surface area contributed by atoms with Crippen LogP contribution in [0.3, 0.4) is 0 Å². The molecule has 0 fully saturated rings. The largest absolute Gasteiger partial charge is 0.353 e. The Kier molecular flexibility index (Phi) is 5.95. The summed E-state index contributed by atoms with van der Waals surface area (Å²) in [7, 11) is 4.06. The molecule has 0 bridgehead atoms. The minimum absolute atomic E-state index is 0.483. The molecule has 0 atom stereocenters. The number of para-hydroxylation sites is 2. The Morgan fingerprint density at radius 3 is 1.62 bits per heavy atom. The molecule has 0 saturated heterocycles. The topological polar surface area (TPSA) is 78.0 Å². The van der Waals surface area contributed by atoms with Crippen LogP contribution in [0.2, 0.25) is 0 Å². The smallest absolute Gasteiger partial charge is 0.233 e. The number of nitrogens with zero attached hydrogens (tertiary/aromatic N) is 4. The number of hydrogen-bond acceptors (Lipinski definition) is 7. The number of benzene rings is 2. The van der Waals surface area contributed by atoms with Gasteiger partial charge in [-0.05, 0) is 38.4 Å². The lowest BCUT2D eigenvalue weighted by Crippen LogP contribution is -2.22. The summed E-state index contributed by atoms with van der Waals surface area (Å²) in [6.45, 7) is 1.63. The Morgan fingerprint density at radius 2 is 1.15 bits per heavy atom. The minimum atomic E-state index is 0.483. The van der Waals surface area contributed by atoms with E-state index in [-0.39, 0.29) is 0 Å². The fourth-order valence-corrected chi connectivity index (χ4v) is 2.26. The Labute approximate surface area is 153 Å². The van der Waals surface area contributed by atoms with Gasteiger partial charge in [0, 0.05) is 24.5 Å². The SMILES string of the molecule is CN(C)CCNc1nc(Nc2ccccc2)nc(Nc2ccccc2)n1. The van der Waals surface area contributed by atoms with Crippen molar-refractivity contribution < 1.29 is 0 Å². The molecule has 1 aromatic heterocycles. The summed E-state index contributed by atoms with van der Waals surface area (Å²) in [4.78, 5) is 15.5. The van der Waals surface area contributed by atoms with E-state index in [0.717, 1.165) is 24.5 Å². The third kappa shape index (κ3) is 5.42. The average Bonchev–Trinajstić information content (AvgIpc) is 2.63. The van der Waals surface area contributed by atoms with Gasteiger partial charge in [0.05, 0.1) is 0 Å². The third-order valence-corrected chi connectivity index (χ3v) is 3.54. The molecule has 0 amide bonds. The van der Waals surface area contributed by atoms with Gasteiger partial charge in [-0.1, -0.05) is 36.4 Å². The summed E-state index contributed by atoms with van der Waals surface area (Å²) in [6, 6.07) is 19.6. The van der Waals surface area contributed by atoms with E-state index in [1.54, 1.807) is 0 Å². The summed E-state index contributed by atoms with van der Waals surface area (Å²) < 4.78 is 0. The van der Waals surface area contributed by atoms with E-state index in [0.29, 0.717) is 17.8 Å². The van der Waals surface area contributed by atoms with Crippen molar-refractivity contribution in [2.75, 3.05) is 43.1 Å². The van der Waals surface area contributed by atoms with Crippen LogP contribution in [0.1, 0.15) is 0 Å². The Morgan fingerprint density at radius 1 is 0.692 bits per heavy atom. The lowest BCUT2D eigenvalue weighted by atomic mass is 10.3. The molecular formula is C19H23N7. The summed E-state index contributed by atoms with van der Waals surface area (Å²) >= 11 is 0. The van der Waals surface area contributed by atoms with Gasteiger partial charge in [0.1, 0.15) is 0 Å². The molecule has 1 heterocycles. The fourth-order valence-electron chi connectivity index (χ4n) is 2.26. The Bertz CT molecular complexity index is 747. The molecular weight excluding hydrogens is 326 g/mol. The van der Waals surface area contributed by atoms with E-state index in [1.807, 2.05) is 74.8 Å². The zero-order chi connectivity index (χ0) is 18.2. The standard InChI is InChI=1S/C19H23N7/c1-26(2)14-13-20-17-23-18(21-15-9-5-3-6-10-15)25-19(24-17)22-16-11-7-4-8-12-16/h3-12H,13-14H2,1-2H3,(H3,20,21,22,23,24,25). The quantitative estimate of drug-likeness (QED) is 0.576. The Hall–Kier alpha value is -3.19. The number of nitrogens with one attached hydrogen (secondary N) is 3. The second-order valence-corrected chi connectivity index (χ2v) is 6.02. The van der Waals surface area contributed by atoms with Crippen LogP contribution in [0.5, 0.6) is 0 Å². The highest BCUT2D eigenvalue weighted by atomic mass is 15.3. The molecule has 0 aliphatic carbocycles. The van der Waals surface area contributed by atoms with Crippen molar-refractivity contribution in [3.63, 3.8) is 0 Å². The van der Waals surface area contributed by atoms with Crippen LogP contribution >= 0.6 is 0 Å². The molecule has 0 radical (unpaired) electrons. The van der Waals surface area contributed by atoms with E-state index in [4.69, 9.17) is 0 Å². The maximum Gasteiger partial charge on any atom is 0.233 e. The lowest BCUT2D eigenvalue weighted by Gasteiger charge is -2.13. The van der Waals surface area contributed by atoms with E-state index in [1.165, 1.54) is 0 Å². The van der Waals surface area contributed by atoms with Crippen molar-refractivity contribution in [2.24, 2.45) is 0 Å². The van der Waals surface area contributed by atoms with Gasteiger partial charge in [0.15, 0.2) is 0 Å². The number of aromatic nitrogens is 3. The average molecular weight is 349 g/mol. The summed E-state index contributed by atoms with van der Waals surface area (Å²) in [5.74, 6) is 1.49. The maximum atomic E-state index is 4.47. The predicted octanol–water partition coefficient (Wildman–Crippen LogP) is 3.33. The number of anilines is 5. The van der Waals surface area contributed by atoms with Gasteiger partial charge in [-0.25, -0.2) is 0 Å². The molecule has 0 unspecified atom stereocenters. The highest BCUT2D eigenvalue weighted by Gasteiger charge is 2.07. The molecule has 2 aromatic carbocycles. The molecule has 3 rings (SSSR count). The second-order valence-electron chi connectivity index (χ2n) is 6.02. The van der Waals surface area contributed by atoms with Crippen molar-refractivity contribution in [1.29, 1.82) is 0 Å². The Balaban J connectivity index is 1.81. The first-order chi connectivity index (χ1) is 12.7. The van der Waals surface area contributed by atoms with Gasteiger partial charge in [-0.2, -0.15) is 15.0 Å². The van der Waals surface area contributed by atoms with Crippen molar-refractivity contribution in [2.45, 2.75) is 0 Å². The lowest BCUT2D eigenvalue weighted by molar-refractivity contribution is 0.425. The van der Waals surface area contributed by atoms with Crippen LogP contribution in [0.15, 0.2) is 60.7 Å². The van der Waals surface area contributed by atoms with E-state index < -0.39 is 0 Å². The van der Waals surface area contributed by atoms with Crippen molar-refractivity contribution >= 4 is 29.2 Å². The number of hydrogen-bond donors (Lipinski definition) is 3. The highest BCUT2D eigenvalue weighted by Crippen LogP contribution is 2.18. The van der Waals surface area contributed by atoms with Gasteiger partial charge in [0.25, 0.3) is 0 Å². The van der Waals surface area contributed by atoms with Crippen molar-refractivity contribution in [3.05, 3.63) is 60.7 Å². The predicted molar refractivity (Wildman–Crippen MR) is 106 cm³/mol. The molecule has 0 aliphatic heterocycles. The van der Waals surface area contributed by atoms with Crippen LogP contribution in [-0.2, 0) is 0 Å². The molecule has 7 nitrogen and oxygen atoms in total. The first kappa shape index (κ1) is 17.6. The molecule has 7 heteroatoms. The molecule has 3 N–H and O–H groups in total. The third-order valence-electron chi connectivity index (χ3n) is 3.54. The molecule has 3 aromatic rings. The van der Waals surface area contributed by atoms with Crippen LogP contribution in [0, 0.1) is 0 Å². The van der Waals surface area contributed by atoms with E-state index in [9.17, 15) is 0 Å². The highest BCUT2D eigenvalue weighted by molar-refractivity contribution is 5.58. The fraction of sp³-hybridized carbons (Fsp3) is 0.211.